The van der Waals surface area contributed by atoms with Gasteiger partial charge in [-0.3, -0.25) is 4.79 Å². The number of nitrogens with one attached hydrogen (secondary N) is 1. The van der Waals surface area contributed by atoms with Gasteiger partial charge < -0.3 is 19.7 Å². The van der Waals surface area contributed by atoms with Gasteiger partial charge in [0.25, 0.3) is 5.91 Å². The molecule has 1 fully saturated rings. The smallest absolute Gasteiger partial charge is 0.410 e. The SMILES string of the molecule is CC1C(COc2ccc3c(c2)C(=O)NC3)CCCN1C(=O)OC(C)(C)C. The predicted molar refractivity (Wildman–Crippen MR) is 98.2 cm³/mol. The largest absolute Gasteiger partial charge is 0.493 e. The van der Waals surface area contributed by atoms with E-state index >= 15 is 0 Å². The van der Waals surface area contributed by atoms with Gasteiger partial charge in [0.1, 0.15) is 11.4 Å². The summed E-state index contributed by atoms with van der Waals surface area (Å²) in [6.07, 6.45) is 1.68. The van der Waals surface area contributed by atoms with Crippen LogP contribution in [0.25, 0.3) is 0 Å². The van der Waals surface area contributed by atoms with Crippen LogP contribution < -0.4 is 10.1 Å². The van der Waals surface area contributed by atoms with Crippen LogP contribution in [0.2, 0.25) is 0 Å². The highest BCUT2D eigenvalue weighted by molar-refractivity contribution is 5.98. The van der Waals surface area contributed by atoms with Crippen LogP contribution in [0, 0.1) is 5.92 Å². The van der Waals surface area contributed by atoms with Gasteiger partial charge in [0.05, 0.1) is 6.61 Å². The molecule has 2 amide bonds. The zero-order valence-corrected chi connectivity index (χ0v) is 16.0. The van der Waals surface area contributed by atoms with Crippen LogP contribution in [-0.2, 0) is 11.3 Å². The maximum absolute atomic E-state index is 12.4. The number of rotatable bonds is 3. The molecule has 0 bridgehead atoms. The fraction of sp³-hybridized carbons (Fsp3) is 0.600. The van der Waals surface area contributed by atoms with Gasteiger partial charge in [0.2, 0.25) is 0 Å². The molecule has 1 N–H and O–H groups in total. The Kier molecular flexibility index (Phi) is 5.12. The van der Waals surface area contributed by atoms with Crippen LogP contribution in [0.1, 0.15) is 56.5 Å². The first-order valence-corrected chi connectivity index (χ1v) is 9.28. The van der Waals surface area contributed by atoms with E-state index in [1.54, 1.807) is 11.0 Å². The summed E-state index contributed by atoms with van der Waals surface area (Å²) in [5, 5.41) is 2.81. The number of nitrogens with zero attached hydrogens (tertiary/aromatic N) is 1. The van der Waals surface area contributed by atoms with Crippen LogP contribution in [0.15, 0.2) is 18.2 Å². The van der Waals surface area contributed by atoms with Crippen molar-refractivity contribution in [1.82, 2.24) is 10.2 Å². The number of fused-ring (bicyclic) bond motifs is 1. The van der Waals surface area contributed by atoms with Crippen LogP contribution in [-0.4, -0.2) is 41.7 Å². The predicted octanol–water partition coefficient (Wildman–Crippen LogP) is 3.34. The highest BCUT2D eigenvalue weighted by Gasteiger charge is 2.34. The third-order valence-electron chi connectivity index (χ3n) is 5.01. The summed E-state index contributed by atoms with van der Waals surface area (Å²) in [6, 6.07) is 5.69. The highest BCUT2D eigenvalue weighted by Crippen LogP contribution is 2.27. The van der Waals surface area contributed by atoms with E-state index in [0.717, 1.165) is 18.4 Å². The lowest BCUT2D eigenvalue weighted by Crippen LogP contribution is -2.50. The molecule has 6 nitrogen and oxygen atoms in total. The molecule has 2 aliphatic rings. The molecule has 1 aromatic rings. The van der Waals surface area contributed by atoms with E-state index in [0.29, 0.717) is 31.0 Å². The monoisotopic (exact) mass is 360 g/mol. The minimum atomic E-state index is -0.495. The molecule has 1 aromatic carbocycles. The van der Waals surface area contributed by atoms with Gasteiger partial charge in [-0.25, -0.2) is 4.79 Å². The minimum Gasteiger partial charge on any atom is -0.493 e. The summed E-state index contributed by atoms with van der Waals surface area (Å²) in [6.45, 7) is 9.50. The summed E-state index contributed by atoms with van der Waals surface area (Å²) in [4.78, 5) is 26.0. The van der Waals surface area contributed by atoms with Gasteiger partial charge in [0, 0.05) is 30.6 Å². The Labute approximate surface area is 154 Å². The number of piperidine rings is 1. The van der Waals surface area contributed by atoms with Crippen molar-refractivity contribution in [2.45, 2.75) is 58.7 Å². The number of hydrogen-bond acceptors (Lipinski definition) is 4. The number of carbonyl (C=O) groups is 2. The second-order valence-electron chi connectivity index (χ2n) is 8.13. The van der Waals surface area contributed by atoms with E-state index in [4.69, 9.17) is 9.47 Å². The molecular formula is C20H28N2O4. The summed E-state index contributed by atoms with van der Waals surface area (Å²) in [5.74, 6) is 0.883. The normalized spacial score (nSPS) is 22.6. The zero-order chi connectivity index (χ0) is 18.9. The van der Waals surface area contributed by atoms with Gasteiger partial charge in [0.15, 0.2) is 0 Å². The summed E-state index contributed by atoms with van der Waals surface area (Å²) < 4.78 is 11.5. The van der Waals surface area contributed by atoms with Crippen molar-refractivity contribution < 1.29 is 19.1 Å². The molecule has 2 atom stereocenters. The first-order valence-electron chi connectivity index (χ1n) is 9.28. The van der Waals surface area contributed by atoms with Crippen molar-refractivity contribution in [3.8, 4) is 5.75 Å². The third-order valence-corrected chi connectivity index (χ3v) is 5.01. The van der Waals surface area contributed by atoms with Crippen LogP contribution in [0.4, 0.5) is 4.79 Å². The molecule has 0 radical (unpaired) electrons. The van der Waals surface area contributed by atoms with Crippen molar-refractivity contribution in [3.05, 3.63) is 29.3 Å². The number of carbonyl (C=O) groups excluding carboxylic acids is 2. The molecule has 0 aromatic heterocycles. The first kappa shape index (κ1) is 18.5. The third kappa shape index (κ3) is 4.11. The van der Waals surface area contributed by atoms with Crippen LogP contribution >= 0.6 is 0 Å². The van der Waals surface area contributed by atoms with Gasteiger partial charge in [-0.2, -0.15) is 0 Å². The van der Waals surface area contributed by atoms with Crippen LogP contribution in [0.3, 0.4) is 0 Å². The standard InChI is InChI=1S/C20H28N2O4/c1-13-15(6-5-9-22(13)19(24)26-20(2,3)4)12-25-16-8-7-14-11-21-18(23)17(14)10-16/h7-8,10,13,15H,5-6,9,11-12H2,1-4H3,(H,21,23). The lowest BCUT2D eigenvalue weighted by atomic mass is 9.91. The van der Waals surface area contributed by atoms with E-state index in [1.165, 1.54) is 0 Å². The van der Waals surface area contributed by atoms with Crippen molar-refractivity contribution >= 4 is 12.0 Å². The van der Waals surface area contributed by atoms with E-state index in [-0.39, 0.29) is 24.0 Å². The van der Waals surface area contributed by atoms with Gasteiger partial charge in [-0.1, -0.05) is 6.07 Å². The molecular weight excluding hydrogens is 332 g/mol. The number of hydrogen-bond donors (Lipinski definition) is 1. The quantitative estimate of drug-likeness (QED) is 0.898. The Morgan fingerprint density at radius 3 is 2.85 bits per heavy atom. The van der Waals surface area contributed by atoms with E-state index in [1.807, 2.05) is 39.8 Å². The van der Waals surface area contributed by atoms with Gasteiger partial charge in [-0.05, 0) is 58.2 Å². The molecule has 2 aliphatic heterocycles. The molecule has 26 heavy (non-hydrogen) atoms. The Hall–Kier alpha value is -2.24. The van der Waals surface area contributed by atoms with Crippen molar-refractivity contribution in [2.75, 3.05) is 13.2 Å². The Morgan fingerprint density at radius 1 is 1.35 bits per heavy atom. The Morgan fingerprint density at radius 2 is 2.12 bits per heavy atom. The summed E-state index contributed by atoms with van der Waals surface area (Å²) in [7, 11) is 0. The molecule has 1 saturated heterocycles. The number of benzene rings is 1. The van der Waals surface area contributed by atoms with Gasteiger partial charge in [-0.15, -0.1) is 0 Å². The number of likely N-dealkylation sites (tertiary alicyclic amines) is 1. The average Bonchev–Trinajstić information content (AvgIpc) is 2.93. The molecule has 0 saturated carbocycles. The fourth-order valence-corrected chi connectivity index (χ4v) is 3.51. The molecule has 2 heterocycles. The molecule has 142 valence electrons. The Balaban J connectivity index is 1.60. The molecule has 0 spiro atoms. The second-order valence-corrected chi connectivity index (χ2v) is 8.13. The van der Waals surface area contributed by atoms with Crippen molar-refractivity contribution in [3.63, 3.8) is 0 Å². The Bertz CT molecular complexity index is 696. The number of ether oxygens (including phenoxy) is 2. The molecule has 6 heteroatoms. The average molecular weight is 360 g/mol. The topological polar surface area (TPSA) is 67.9 Å². The molecule has 3 rings (SSSR count). The summed E-state index contributed by atoms with van der Waals surface area (Å²) >= 11 is 0. The van der Waals surface area contributed by atoms with E-state index < -0.39 is 5.60 Å². The second kappa shape index (κ2) is 7.17. The minimum absolute atomic E-state index is 0.0485. The lowest BCUT2D eigenvalue weighted by molar-refractivity contribution is -0.00157. The first-order chi connectivity index (χ1) is 12.2. The van der Waals surface area contributed by atoms with Crippen molar-refractivity contribution in [2.24, 2.45) is 5.92 Å². The summed E-state index contributed by atoms with van der Waals surface area (Å²) in [5.41, 5.74) is 1.20. The lowest BCUT2D eigenvalue weighted by Gasteiger charge is -2.39. The van der Waals surface area contributed by atoms with Crippen molar-refractivity contribution in [1.29, 1.82) is 0 Å². The molecule has 0 aliphatic carbocycles. The number of amides is 2. The maximum Gasteiger partial charge on any atom is 0.410 e. The maximum atomic E-state index is 12.4. The van der Waals surface area contributed by atoms with Crippen LogP contribution in [0.5, 0.6) is 5.75 Å². The molecule has 2 unspecified atom stereocenters. The fourth-order valence-electron chi connectivity index (χ4n) is 3.51. The van der Waals surface area contributed by atoms with E-state index in [9.17, 15) is 9.59 Å². The zero-order valence-electron chi connectivity index (χ0n) is 16.0. The van der Waals surface area contributed by atoms with Gasteiger partial charge >= 0.3 is 6.09 Å². The van der Waals surface area contributed by atoms with E-state index in [2.05, 4.69) is 5.32 Å². The highest BCUT2D eigenvalue weighted by atomic mass is 16.6.